The first-order valence-corrected chi connectivity index (χ1v) is 8.04. The van der Waals surface area contributed by atoms with E-state index in [4.69, 9.17) is 0 Å². The monoisotopic (exact) mass is 408 g/mol. The predicted octanol–water partition coefficient (Wildman–Crippen LogP) is 2.72. The molecule has 0 aliphatic rings. The summed E-state index contributed by atoms with van der Waals surface area (Å²) in [5, 5.41) is 2.50. The van der Waals surface area contributed by atoms with Crippen LogP contribution in [0, 0.1) is 5.82 Å². The molecule has 0 spiro atoms. The quantitative estimate of drug-likeness (QED) is 0.633. The maximum Gasteiger partial charge on any atom is 0.573 e. The van der Waals surface area contributed by atoms with E-state index in [9.17, 15) is 27.2 Å². The average Bonchev–Trinajstić information content (AvgIpc) is 2.67. The number of rotatable bonds is 5. The lowest BCUT2D eigenvalue weighted by atomic mass is 10.0. The summed E-state index contributed by atoms with van der Waals surface area (Å²) in [6, 6.07) is 5.86. The molecule has 0 radical (unpaired) electrons. The van der Waals surface area contributed by atoms with Crippen molar-refractivity contribution in [1.82, 2.24) is 20.3 Å². The molecule has 1 amide bonds. The number of nitrogens with zero attached hydrogens (tertiary/aromatic N) is 2. The summed E-state index contributed by atoms with van der Waals surface area (Å²) in [4.78, 5) is 33.4. The van der Waals surface area contributed by atoms with E-state index < -0.39 is 35.4 Å². The molecular weight excluding hydrogens is 396 g/mol. The number of hydrogen-bond donors (Lipinski definition) is 2. The van der Waals surface area contributed by atoms with Crippen molar-refractivity contribution < 1.29 is 27.1 Å². The van der Waals surface area contributed by atoms with Gasteiger partial charge in [0.15, 0.2) is 0 Å². The van der Waals surface area contributed by atoms with Crippen LogP contribution in [0.1, 0.15) is 27.8 Å². The van der Waals surface area contributed by atoms with Gasteiger partial charge in [0.2, 0.25) is 0 Å². The van der Waals surface area contributed by atoms with Crippen LogP contribution in [-0.2, 0) is 0 Å². The van der Waals surface area contributed by atoms with Crippen molar-refractivity contribution in [2.24, 2.45) is 0 Å². The minimum absolute atomic E-state index is 0.150. The number of aromatic nitrogens is 3. The third kappa shape index (κ3) is 5.15. The average molecular weight is 408 g/mol. The summed E-state index contributed by atoms with van der Waals surface area (Å²) < 4.78 is 55.1. The van der Waals surface area contributed by atoms with Crippen LogP contribution in [0.2, 0.25) is 0 Å². The maximum atomic E-state index is 14.3. The Labute approximate surface area is 160 Å². The van der Waals surface area contributed by atoms with Gasteiger partial charge in [0.25, 0.3) is 11.5 Å². The van der Waals surface area contributed by atoms with E-state index in [1.165, 1.54) is 24.4 Å². The van der Waals surface area contributed by atoms with E-state index in [1.54, 1.807) is 0 Å². The zero-order valence-electron chi connectivity index (χ0n) is 14.4. The van der Waals surface area contributed by atoms with Crippen molar-refractivity contribution in [3.63, 3.8) is 0 Å². The summed E-state index contributed by atoms with van der Waals surface area (Å²) in [6.45, 7) is 0. The third-order valence-electron chi connectivity index (χ3n) is 3.69. The molecule has 150 valence electrons. The summed E-state index contributed by atoms with van der Waals surface area (Å²) >= 11 is 0. The van der Waals surface area contributed by atoms with E-state index in [0.717, 1.165) is 30.6 Å². The number of ether oxygens (including phenoxy) is 1. The molecule has 2 N–H and O–H groups in total. The molecule has 2 heterocycles. The molecule has 0 saturated carbocycles. The van der Waals surface area contributed by atoms with Gasteiger partial charge in [-0.1, -0.05) is 12.1 Å². The molecule has 0 fully saturated rings. The highest BCUT2D eigenvalue weighted by molar-refractivity contribution is 5.92. The second-order valence-corrected chi connectivity index (χ2v) is 5.69. The Morgan fingerprint density at radius 1 is 1.14 bits per heavy atom. The van der Waals surface area contributed by atoms with Crippen LogP contribution in [0.4, 0.5) is 17.6 Å². The highest BCUT2D eigenvalue weighted by Gasteiger charge is 2.31. The highest BCUT2D eigenvalue weighted by Crippen LogP contribution is 2.27. The van der Waals surface area contributed by atoms with Crippen molar-refractivity contribution in [2.45, 2.75) is 12.4 Å². The molecule has 0 aliphatic carbocycles. The zero-order valence-corrected chi connectivity index (χ0v) is 14.4. The van der Waals surface area contributed by atoms with E-state index in [-0.39, 0.29) is 17.0 Å². The highest BCUT2D eigenvalue weighted by atomic mass is 19.4. The minimum atomic E-state index is -4.86. The second kappa shape index (κ2) is 8.09. The van der Waals surface area contributed by atoms with Crippen LogP contribution in [0.15, 0.2) is 59.8 Å². The number of carbonyl (C=O) groups excluding carboxylic acids is 1. The molecule has 2 aromatic heterocycles. The fourth-order valence-corrected chi connectivity index (χ4v) is 2.45. The van der Waals surface area contributed by atoms with E-state index in [1.807, 2.05) is 0 Å². The van der Waals surface area contributed by atoms with Crippen molar-refractivity contribution in [3.8, 4) is 5.75 Å². The first kappa shape index (κ1) is 20.0. The van der Waals surface area contributed by atoms with E-state index in [0.29, 0.717) is 0 Å². The Bertz CT molecular complexity index is 1050. The van der Waals surface area contributed by atoms with Crippen LogP contribution in [-0.4, -0.2) is 27.2 Å². The molecule has 0 bridgehead atoms. The van der Waals surface area contributed by atoms with Gasteiger partial charge in [-0.25, -0.2) is 9.37 Å². The minimum Gasteiger partial charge on any atom is -0.406 e. The van der Waals surface area contributed by atoms with Gasteiger partial charge in [0.1, 0.15) is 23.0 Å². The summed E-state index contributed by atoms with van der Waals surface area (Å²) in [5.74, 6) is -1.97. The van der Waals surface area contributed by atoms with E-state index >= 15 is 0 Å². The van der Waals surface area contributed by atoms with Crippen LogP contribution in [0.25, 0.3) is 0 Å². The number of benzene rings is 1. The first-order valence-electron chi connectivity index (χ1n) is 8.04. The molecule has 29 heavy (non-hydrogen) atoms. The largest absolute Gasteiger partial charge is 0.573 e. The molecular formula is C18H12F4N4O3. The standard InChI is InChI=1S/C18H12F4N4O3/c19-12-2-1-7-23-16(12)15(26-17(28)13-8-25-14(27)9-24-13)10-3-5-11(6-4-10)29-18(20,21)22/h1-9,15H,(H,25,27)(H,26,28). The topological polar surface area (TPSA) is 97.0 Å². The van der Waals surface area contributed by atoms with Gasteiger partial charge in [0, 0.05) is 12.4 Å². The second-order valence-electron chi connectivity index (χ2n) is 5.69. The van der Waals surface area contributed by atoms with Crippen LogP contribution in [0.5, 0.6) is 5.75 Å². The van der Waals surface area contributed by atoms with Crippen LogP contribution >= 0.6 is 0 Å². The van der Waals surface area contributed by atoms with Crippen molar-refractivity contribution in [2.75, 3.05) is 0 Å². The number of aromatic amines is 1. The Kier molecular flexibility index (Phi) is 5.57. The molecule has 3 aromatic rings. The van der Waals surface area contributed by atoms with Crippen molar-refractivity contribution in [1.29, 1.82) is 0 Å². The molecule has 11 heteroatoms. The smallest absolute Gasteiger partial charge is 0.406 e. The first-order chi connectivity index (χ1) is 13.7. The van der Waals surface area contributed by atoms with Crippen molar-refractivity contribution >= 4 is 5.91 Å². The number of amides is 1. The van der Waals surface area contributed by atoms with Gasteiger partial charge in [-0.15, -0.1) is 13.2 Å². The summed E-state index contributed by atoms with van der Waals surface area (Å²) in [5.41, 5.74) is -0.582. The Morgan fingerprint density at radius 3 is 2.45 bits per heavy atom. The Hall–Kier alpha value is -3.76. The van der Waals surface area contributed by atoms with Gasteiger partial charge in [-0.2, -0.15) is 0 Å². The van der Waals surface area contributed by atoms with Gasteiger partial charge in [-0.3, -0.25) is 14.6 Å². The SMILES string of the molecule is O=C(NC(c1ccc(OC(F)(F)F)cc1)c1ncccc1F)c1c[nH]c(=O)cn1. The lowest BCUT2D eigenvalue weighted by Gasteiger charge is -2.19. The number of halogens is 4. The molecule has 0 saturated heterocycles. The number of nitrogens with one attached hydrogen (secondary N) is 2. The summed E-state index contributed by atoms with van der Waals surface area (Å²) in [6.07, 6.45) is -1.59. The maximum absolute atomic E-state index is 14.3. The number of carbonyl (C=O) groups is 1. The zero-order chi connectivity index (χ0) is 21.0. The van der Waals surface area contributed by atoms with Gasteiger partial charge >= 0.3 is 6.36 Å². The lowest BCUT2D eigenvalue weighted by Crippen LogP contribution is -2.31. The lowest BCUT2D eigenvalue weighted by molar-refractivity contribution is -0.274. The number of alkyl halides is 3. The number of H-pyrrole nitrogens is 1. The molecule has 1 aromatic carbocycles. The van der Waals surface area contributed by atoms with E-state index in [2.05, 4.69) is 25.0 Å². The van der Waals surface area contributed by atoms with Crippen molar-refractivity contribution in [3.05, 3.63) is 88.1 Å². The fourth-order valence-electron chi connectivity index (χ4n) is 2.45. The van der Waals surface area contributed by atoms with Gasteiger partial charge < -0.3 is 15.0 Å². The Balaban J connectivity index is 1.93. The van der Waals surface area contributed by atoms with Gasteiger partial charge in [0.05, 0.1) is 12.2 Å². The Morgan fingerprint density at radius 2 is 1.86 bits per heavy atom. The molecule has 3 rings (SSSR count). The normalized spacial score (nSPS) is 12.3. The number of hydrogen-bond acceptors (Lipinski definition) is 5. The number of pyridine rings is 1. The molecule has 7 nitrogen and oxygen atoms in total. The third-order valence-corrected chi connectivity index (χ3v) is 3.69. The summed E-state index contributed by atoms with van der Waals surface area (Å²) in [7, 11) is 0. The molecule has 0 aliphatic heterocycles. The molecule has 1 atom stereocenters. The fraction of sp³-hybridized carbons (Fsp3) is 0.111. The van der Waals surface area contributed by atoms with Crippen LogP contribution in [0.3, 0.4) is 0 Å². The molecule has 1 unspecified atom stereocenters. The predicted molar refractivity (Wildman–Crippen MR) is 91.5 cm³/mol. The van der Waals surface area contributed by atoms with Gasteiger partial charge in [-0.05, 0) is 29.8 Å². The van der Waals surface area contributed by atoms with Crippen LogP contribution < -0.4 is 15.6 Å².